The van der Waals surface area contributed by atoms with Gasteiger partial charge in [0.2, 0.25) is 5.91 Å². The van der Waals surface area contributed by atoms with Crippen LogP contribution >= 0.6 is 11.6 Å². The molecule has 3 N–H and O–H groups in total. The van der Waals surface area contributed by atoms with Crippen LogP contribution in [0.4, 0.5) is 5.69 Å². The first-order chi connectivity index (χ1) is 8.92. The molecule has 19 heavy (non-hydrogen) atoms. The third-order valence-corrected chi connectivity index (χ3v) is 2.69. The van der Waals surface area contributed by atoms with E-state index < -0.39 is 5.97 Å². The number of carbonyl (C=O) groups is 2. The van der Waals surface area contributed by atoms with Gasteiger partial charge in [0.1, 0.15) is 0 Å². The molecule has 6 heteroatoms. The number of aromatic carboxylic acids is 1. The summed E-state index contributed by atoms with van der Waals surface area (Å²) in [6.07, 6.45) is 0.308. The third-order valence-electron chi connectivity index (χ3n) is 2.47. The summed E-state index contributed by atoms with van der Waals surface area (Å²) in [4.78, 5) is 22.6. The van der Waals surface area contributed by atoms with Gasteiger partial charge in [0.25, 0.3) is 0 Å². The number of amides is 1. The molecule has 0 saturated heterocycles. The average molecular weight is 285 g/mol. The largest absolute Gasteiger partial charge is 0.478 e. The van der Waals surface area contributed by atoms with E-state index in [9.17, 15) is 9.59 Å². The molecule has 1 aromatic rings. The van der Waals surface area contributed by atoms with Crippen molar-refractivity contribution in [2.45, 2.75) is 26.3 Å². The molecule has 0 radical (unpaired) electrons. The van der Waals surface area contributed by atoms with Crippen molar-refractivity contribution < 1.29 is 14.7 Å². The van der Waals surface area contributed by atoms with Crippen molar-refractivity contribution in [1.29, 1.82) is 0 Å². The molecule has 0 spiro atoms. The Morgan fingerprint density at radius 3 is 2.63 bits per heavy atom. The lowest BCUT2D eigenvalue weighted by atomic mass is 10.2. The van der Waals surface area contributed by atoms with E-state index in [1.54, 1.807) is 0 Å². The highest BCUT2D eigenvalue weighted by Gasteiger charge is 2.11. The Kier molecular flexibility index (Phi) is 5.79. The fraction of sp³-hybridized carbons (Fsp3) is 0.385. The van der Waals surface area contributed by atoms with Crippen molar-refractivity contribution in [3.8, 4) is 0 Å². The quantitative estimate of drug-likeness (QED) is 0.749. The van der Waals surface area contributed by atoms with Gasteiger partial charge in [-0.3, -0.25) is 4.79 Å². The van der Waals surface area contributed by atoms with Crippen LogP contribution in [0.3, 0.4) is 0 Å². The summed E-state index contributed by atoms with van der Waals surface area (Å²) in [5.74, 6) is -1.27. The fourth-order valence-corrected chi connectivity index (χ4v) is 1.93. The summed E-state index contributed by atoms with van der Waals surface area (Å²) in [6.45, 7) is 4.66. The molecule has 0 heterocycles. The van der Waals surface area contributed by atoms with Gasteiger partial charge in [-0.05, 0) is 31.7 Å². The van der Waals surface area contributed by atoms with Crippen molar-refractivity contribution in [2.24, 2.45) is 0 Å². The van der Waals surface area contributed by atoms with Gasteiger partial charge in [-0.2, -0.15) is 0 Å². The first-order valence-electron chi connectivity index (χ1n) is 5.99. The van der Waals surface area contributed by atoms with Crippen molar-refractivity contribution in [3.05, 3.63) is 28.8 Å². The lowest BCUT2D eigenvalue weighted by Crippen LogP contribution is -2.30. The van der Waals surface area contributed by atoms with E-state index >= 15 is 0 Å². The monoisotopic (exact) mass is 284 g/mol. The van der Waals surface area contributed by atoms with Crippen LogP contribution in [0.25, 0.3) is 0 Å². The molecular formula is C13H17ClN2O3. The Morgan fingerprint density at radius 2 is 2.05 bits per heavy atom. The molecule has 1 aromatic carbocycles. The highest BCUT2D eigenvalue weighted by Crippen LogP contribution is 2.19. The van der Waals surface area contributed by atoms with E-state index in [2.05, 4.69) is 10.6 Å². The Labute approximate surface area is 117 Å². The molecule has 0 aliphatic rings. The first kappa shape index (κ1) is 15.5. The summed E-state index contributed by atoms with van der Waals surface area (Å²) in [5.41, 5.74) is 0.432. The second-order valence-electron chi connectivity index (χ2n) is 4.24. The summed E-state index contributed by atoms with van der Waals surface area (Å²) in [5, 5.41) is 14.9. The lowest BCUT2D eigenvalue weighted by molar-refractivity contribution is -0.116. The number of carboxylic acid groups (broad SMARTS) is 1. The number of hydrogen-bond acceptors (Lipinski definition) is 3. The molecule has 1 amide bonds. The van der Waals surface area contributed by atoms with E-state index in [-0.39, 0.29) is 22.5 Å². The van der Waals surface area contributed by atoms with Crippen molar-refractivity contribution in [2.75, 3.05) is 11.9 Å². The number of rotatable bonds is 6. The Morgan fingerprint density at radius 1 is 1.37 bits per heavy atom. The molecule has 1 atom stereocenters. The first-order valence-corrected chi connectivity index (χ1v) is 6.37. The molecule has 0 aliphatic heterocycles. The van der Waals surface area contributed by atoms with Crippen molar-refractivity contribution in [1.82, 2.24) is 5.32 Å². The maximum atomic E-state index is 11.7. The predicted molar refractivity (Wildman–Crippen MR) is 74.8 cm³/mol. The van der Waals surface area contributed by atoms with Gasteiger partial charge in [0.15, 0.2) is 0 Å². The van der Waals surface area contributed by atoms with Crippen LogP contribution in [0.1, 0.15) is 30.6 Å². The zero-order chi connectivity index (χ0) is 14.4. The van der Waals surface area contributed by atoms with Gasteiger partial charge in [0.05, 0.1) is 5.56 Å². The lowest BCUT2D eigenvalue weighted by Gasteiger charge is -2.12. The van der Waals surface area contributed by atoms with Crippen LogP contribution in [-0.4, -0.2) is 29.6 Å². The van der Waals surface area contributed by atoms with Crippen molar-refractivity contribution in [3.63, 3.8) is 0 Å². The SMILES string of the molecule is CCNC(C)CC(=O)Nc1cc(Cl)cc(C(=O)O)c1. The molecule has 0 aliphatic carbocycles. The zero-order valence-electron chi connectivity index (χ0n) is 10.9. The Balaban J connectivity index is 2.71. The van der Waals surface area contributed by atoms with Crippen LogP contribution in [0.15, 0.2) is 18.2 Å². The standard InChI is InChI=1S/C13H17ClN2O3/c1-3-15-8(2)4-12(17)16-11-6-9(13(18)19)5-10(14)7-11/h5-8,15H,3-4H2,1-2H3,(H,16,17)(H,18,19). The number of carbonyl (C=O) groups excluding carboxylic acids is 1. The van der Waals surface area contributed by atoms with E-state index in [0.717, 1.165) is 6.54 Å². The van der Waals surface area contributed by atoms with Crippen LogP contribution in [0, 0.1) is 0 Å². The summed E-state index contributed by atoms with van der Waals surface area (Å²) in [6, 6.07) is 4.29. The number of benzene rings is 1. The number of hydrogen-bond donors (Lipinski definition) is 3. The molecule has 0 aromatic heterocycles. The second-order valence-corrected chi connectivity index (χ2v) is 4.68. The minimum Gasteiger partial charge on any atom is -0.478 e. The number of halogens is 1. The van der Waals surface area contributed by atoms with E-state index in [0.29, 0.717) is 12.1 Å². The second kappa shape index (κ2) is 7.11. The van der Waals surface area contributed by atoms with Crippen LogP contribution in [0.2, 0.25) is 5.02 Å². The molecule has 1 unspecified atom stereocenters. The van der Waals surface area contributed by atoms with Gasteiger partial charge in [0, 0.05) is 23.2 Å². The highest BCUT2D eigenvalue weighted by molar-refractivity contribution is 6.31. The normalized spacial score (nSPS) is 11.9. The summed E-state index contributed by atoms with van der Waals surface area (Å²) >= 11 is 5.81. The highest BCUT2D eigenvalue weighted by atomic mass is 35.5. The molecule has 0 fully saturated rings. The predicted octanol–water partition coefficient (Wildman–Crippen LogP) is 2.36. The third kappa shape index (κ3) is 5.28. The smallest absolute Gasteiger partial charge is 0.335 e. The van der Waals surface area contributed by atoms with Crippen LogP contribution < -0.4 is 10.6 Å². The molecule has 5 nitrogen and oxygen atoms in total. The molecular weight excluding hydrogens is 268 g/mol. The van der Waals surface area contributed by atoms with Crippen LogP contribution in [-0.2, 0) is 4.79 Å². The molecule has 0 saturated carbocycles. The number of anilines is 1. The Bertz CT molecular complexity index is 477. The van der Waals surface area contributed by atoms with E-state index in [4.69, 9.17) is 16.7 Å². The summed E-state index contributed by atoms with van der Waals surface area (Å²) < 4.78 is 0. The van der Waals surface area contributed by atoms with E-state index in [1.165, 1.54) is 18.2 Å². The number of nitrogens with one attached hydrogen (secondary N) is 2. The molecule has 1 rings (SSSR count). The van der Waals surface area contributed by atoms with Gasteiger partial charge < -0.3 is 15.7 Å². The Hall–Kier alpha value is -1.59. The minimum atomic E-state index is -1.08. The minimum absolute atomic E-state index is 0.0440. The van der Waals surface area contributed by atoms with Gasteiger partial charge >= 0.3 is 5.97 Å². The maximum Gasteiger partial charge on any atom is 0.335 e. The van der Waals surface area contributed by atoms with E-state index in [1.807, 2.05) is 13.8 Å². The molecule has 104 valence electrons. The maximum absolute atomic E-state index is 11.7. The number of carboxylic acids is 1. The topological polar surface area (TPSA) is 78.4 Å². The van der Waals surface area contributed by atoms with Crippen molar-refractivity contribution >= 4 is 29.2 Å². The average Bonchev–Trinajstić information content (AvgIpc) is 2.27. The van der Waals surface area contributed by atoms with Gasteiger partial charge in [-0.25, -0.2) is 4.79 Å². The fourth-order valence-electron chi connectivity index (χ4n) is 1.70. The van der Waals surface area contributed by atoms with Crippen LogP contribution in [0.5, 0.6) is 0 Å². The molecule has 0 bridgehead atoms. The summed E-state index contributed by atoms with van der Waals surface area (Å²) in [7, 11) is 0. The van der Waals surface area contributed by atoms with Gasteiger partial charge in [-0.15, -0.1) is 0 Å². The van der Waals surface area contributed by atoms with Gasteiger partial charge in [-0.1, -0.05) is 18.5 Å². The zero-order valence-corrected chi connectivity index (χ0v) is 11.6.